The van der Waals surface area contributed by atoms with Crippen LogP contribution in [-0.4, -0.2) is 16.1 Å². The number of aromatic nitrogens is 1. The van der Waals surface area contributed by atoms with Crippen molar-refractivity contribution in [3.63, 3.8) is 0 Å². The first-order chi connectivity index (χ1) is 12.3. The van der Waals surface area contributed by atoms with Crippen LogP contribution in [0.3, 0.4) is 0 Å². The van der Waals surface area contributed by atoms with Crippen molar-refractivity contribution in [3.05, 3.63) is 77.5 Å². The summed E-state index contributed by atoms with van der Waals surface area (Å²) in [5.74, 6) is -0.328. The van der Waals surface area contributed by atoms with Crippen LogP contribution in [0.2, 0.25) is 0 Å². The largest absolute Gasteiger partial charge is 0.457 e. The van der Waals surface area contributed by atoms with Gasteiger partial charge >= 0.3 is 5.97 Å². The molecule has 0 saturated carbocycles. The molecule has 0 aliphatic rings. The average Bonchev–Trinajstić information content (AvgIpc) is 2.92. The lowest BCUT2D eigenvalue weighted by molar-refractivity contribution is -0.148. The highest BCUT2D eigenvalue weighted by Crippen LogP contribution is 2.25. The van der Waals surface area contributed by atoms with Gasteiger partial charge in [0.15, 0.2) is 0 Å². The number of rotatable bonds is 4. The predicted molar refractivity (Wildman–Crippen MR) is 107 cm³/mol. The van der Waals surface area contributed by atoms with Crippen molar-refractivity contribution >= 4 is 22.9 Å². The third-order valence-corrected chi connectivity index (χ3v) is 4.18. The number of benzene rings is 2. The lowest BCUT2D eigenvalue weighted by Crippen LogP contribution is -2.22. The topological polar surface area (TPSA) is 31.2 Å². The molecule has 0 spiro atoms. The SMILES string of the molecule is Cc1cccc2c1cc(/C=C/C(=O)OC(C)(C)C)n2Cc1ccccc1. The van der Waals surface area contributed by atoms with Crippen LogP contribution < -0.4 is 0 Å². The highest BCUT2D eigenvalue weighted by Gasteiger charge is 2.14. The molecule has 26 heavy (non-hydrogen) atoms. The van der Waals surface area contributed by atoms with Crippen LogP contribution in [0.1, 0.15) is 37.6 Å². The van der Waals surface area contributed by atoms with Crippen LogP contribution in [0.5, 0.6) is 0 Å². The normalized spacial score (nSPS) is 12.0. The molecule has 0 unspecified atom stereocenters. The number of fused-ring (bicyclic) bond motifs is 1. The second kappa shape index (κ2) is 7.20. The summed E-state index contributed by atoms with van der Waals surface area (Å²) in [5, 5.41) is 1.20. The van der Waals surface area contributed by atoms with Gasteiger partial charge in [0.1, 0.15) is 5.60 Å². The smallest absolute Gasteiger partial charge is 0.331 e. The van der Waals surface area contributed by atoms with Crippen LogP contribution in [0.4, 0.5) is 0 Å². The number of ether oxygens (including phenoxy) is 1. The maximum absolute atomic E-state index is 12.1. The van der Waals surface area contributed by atoms with Gasteiger partial charge in [-0.25, -0.2) is 4.79 Å². The molecule has 3 rings (SSSR count). The number of hydrogen-bond acceptors (Lipinski definition) is 2. The van der Waals surface area contributed by atoms with Crippen LogP contribution in [-0.2, 0) is 16.1 Å². The zero-order chi connectivity index (χ0) is 18.7. The fraction of sp³-hybridized carbons (Fsp3) is 0.261. The Kier molecular flexibility index (Phi) is 4.99. The molecular formula is C23H25NO2. The van der Waals surface area contributed by atoms with E-state index in [1.807, 2.05) is 45.0 Å². The Hall–Kier alpha value is -2.81. The Morgan fingerprint density at radius 2 is 1.81 bits per heavy atom. The quantitative estimate of drug-likeness (QED) is 0.470. The maximum Gasteiger partial charge on any atom is 0.331 e. The molecule has 0 atom stereocenters. The van der Waals surface area contributed by atoms with Crippen LogP contribution >= 0.6 is 0 Å². The third kappa shape index (κ3) is 4.23. The molecule has 0 aliphatic heterocycles. The van der Waals surface area contributed by atoms with Gasteiger partial charge in [0.25, 0.3) is 0 Å². The van der Waals surface area contributed by atoms with E-state index in [1.54, 1.807) is 0 Å². The highest BCUT2D eigenvalue weighted by molar-refractivity contribution is 5.91. The predicted octanol–water partition coefficient (Wildman–Crippen LogP) is 5.35. The molecule has 0 N–H and O–H groups in total. The van der Waals surface area contributed by atoms with E-state index >= 15 is 0 Å². The zero-order valence-corrected chi connectivity index (χ0v) is 15.8. The average molecular weight is 347 g/mol. The van der Waals surface area contributed by atoms with Gasteiger partial charge in [-0.2, -0.15) is 0 Å². The number of esters is 1. The minimum atomic E-state index is -0.491. The molecule has 1 heterocycles. The van der Waals surface area contributed by atoms with Crippen LogP contribution in [0.15, 0.2) is 60.7 Å². The van der Waals surface area contributed by atoms with E-state index in [0.29, 0.717) is 0 Å². The van der Waals surface area contributed by atoms with Crippen LogP contribution in [0, 0.1) is 6.92 Å². The number of hydrogen-bond donors (Lipinski definition) is 0. The first-order valence-electron chi connectivity index (χ1n) is 8.87. The summed E-state index contributed by atoms with van der Waals surface area (Å²) in [6.07, 6.45) is 3.35. The van der Waals surface area contributed by atoms with E-state index in [-0.39, 0.29) is 5.97 Å². The summed E-state index contributed by atoms with van der Waals surface area (Å²) in [5.41, 5.74) is 4.11. The van der Waals surface area contributed by atoms with E-state index in [4.69, 9.17) is 4.74 Å². The molecule has 2 aromatic carbocycles. The standard InChI is InChI=1S/C23H25NO2/c1-17-9-8-12-21-20(17)15-19(13-14-22(25)26-23(2,3)4)24(21)16-18-10-6-5-7-11-18/h5-15H,16H2,1-4H3/b14-13+. The molecule has 134 valence electrons. The highest BCUT2D eigenvalue weighted by atomic mass is 16.6. The Bertz CT molecular complexity index is 943. The second-order valence-corrected chi connectivity index (χ2v) is 7.52. The molecule has 0 aliphatic carbocycles. The maximum atomic E-state index is 12.1. The van der Waals surface area contributed by atoms with Gasteiger partial charge in [0, 0.05) is 29.2 Å². The van der Waals surface area contributed by atoms with Crippen molar-refractivity contribution in [1.82, 2.24) is 4.57 Å². The monoisotopic (exact) mass is 347 g/mol. The van der Waals surface area contributed by atoms with E-state index in [0.717, 1.165) is 17.8 Å². The van der Waals surface area contributed by atoms with Gasteiger partial charge in [0.05, 0.1) is 0 Å². The van der Waals surface area contributed by atoms with Crippen LogP contribution in [0.25, 0.3) is 17.0 Å². The number of nitrogens with zero attached hydrogens (tertiary/aromatic N) is 1. The minimum absolute atomic E-state index is 0.328. The third-order valence-electron chi connectivity index (χ3n) is 4.18. The number of carbonyl (C=O) groups excluding carboxylic acids is 1. The Morgan fingerprint density at radius 1 is 1.08 bits per heavy atom. The van der Waals surface area contributed by atoms with Gasteiger partial charge in [-0.1, -0.05) is 42.5 Å². The zero-order valence-electron chi connectivity index (χ0n) is 15.8. The number of aryl methyl sites for hydroxylation is 1. The summed E-state index contributed by atoms with van der Waals surface area (Å²) in [7, 11) is 0. The molecule has 3 nitrogen and oxygen atoms in total. The fourth-order valence-electron chi connectivity index (χ4n) is 3.02. The first-order valence-corrected chi connectivity index (χ1v) is 8.87. The summed E-state index contributed by atoms with van der Waals surface area (Å²) >= 11 is 0. The molecule has 0 bridgehead atoms. The summed E-state index contributed by atoms with van der Waals surface area (Å²) in [4.78, 5) is 12.1. The Labute approximate surface area is 154 Å². The summed E-state index contributed by atoms with van der Waals surface area (Å²) in [6, 6.07) is 18.8. The molecule has 0 fully saturated rings. The fourth-order valence-corrected chi connectivity index (χ4v) is 3.02. The minimum Gasteiger partial charge on any atom is -0.457 e. The van der Waals surface area contributed by atoms with Crippen molar-refractivity contribution in [3.8, 4) is 0 Å². The van der Waals surface area contributed by atoms with Crippen molar-refractivity contribution < 1.29 is 9.53 Å². The molecule has 3 heteroatoms. The molecule has 0 radical (unpaired) electrons. The van der Waals surface area contributed by atoms with Crippen molar-refractivity contribution in [2.24, 2.45) is 0 Å². The molecule has 1 aromatic heterocycles. The first kappa shape index (κ1) is 18.0. The van der Waals surface area contributed by atoms with Gasteiger partial charge in [-0.15, -0.1) is 0 Å². The van der Waals surface area contributed by atoms with E-state index < -0.39 is 5.60 Å². The Morgan fingerprint density at radius 3 is 2.50 bits per heavy atom. The molecule has 0 amide bonds. The van der Waals surface area contributed by atoms with E-state index in [2.05, 4.69) is 47.9 Å². The second-order valence-electron chi connectivity index (χ2n) is 7.52. The molecule has 0 saturated heterocycles. The summed E-state index contributed by atoms with van der Waals surface area (Å²) in [6.45, 7) is 8.47. The van der Waals surface area contributed by atoms with Gasteiger partial charge in [0.2, 0.25) is 0 Å². The van der Waals surface area contributed by atoms with Crippen molar-refractivity contribution in [1.29, 1.82) is 0 Å². The van der Waals surface area contributed by atoms with Gasteiger partial charge < -0.3 is 9.30 Å². The lowest BCUT2D eigenvalue weighted by atomic mass is 10.1. The van der Waals surface area contributed by atoms with E-state index in [1.165, 1.54) is 22.6 Å². The Balaban J connectivity index is 1.99. The van der Waals surface area contributed by atoms with Crippen molar-refractivity contribution in [2.75, 3.05) is 0 Å². The lowest BCUT2D eigenvalue weighted by Gasteiger charge is -2.18. The van der Waals surface area contributed by atoms with Gasteiger partial charge in [-0.3, -0.25) is 0 Å². The molecular weight excluding hydrogens is 322 g/mol. The summed E-state index contributed by atoms with van der Waals surface area (Å²) < 4.78 is 7.62. The van der Waals surface area contributed by atoms with Crippen molar-refractivity contribution in [2.45, 2.75) is 39.8 Å². The molecule has 3 aromatic rings. The van der Waals surface area contributed by atoms with Gasteiger partial charge in [-0.05, 0) is 57.0 Å². The van der Waals surface area contributed by atoms with E-state index in [9.17, 15) is 4.79 Å². The number of carbonyl (C=O) groups is 1.